The van der Waals surface area contributed by atoms with Crippen molar-refractivity contribution in [1.82, 2.24) is 0 Å². The van der Waals surface area contributed by atoms with E-state index in [0.29, 0.717) is 17.0 Å². The van der Waals surface area contributed by atoms with E-state index in [-0.39, 0.29) is 6.42 Å². The van der Waals surface area contributed by atoms with Gasteiger partial charge in [0.2, 0.25) is 0 Å². The third-order valence-corrected chi connectivity index (χ3v) is 1.77. The molecule has 0 spiro atoms. The highest BCUT2D eigenvalue weighted by molar-refractivity contribution is 5.71. The summed E-state index contributed by atoms with van der Waals surface area (Å²) in [6.45, 7) is 3.38. The lowest BCUT2D eigenvalue weighted by atomic mass is 10.1. The van der Waals surface area contributed by atoms with Crippen LogP contribution in [-0.2, 0) is 11.2 Å². The molecule has 1 rings (SSSR count). The first kappa shape index (κ1) is 10.2. The van der Waals surface area contributed by atoms with Gasteiger partial charge in [-0.15, -0.1) is 0 Å². The highest BCUT2D eigenvalue weighted by Gasteiger charge is 2.05. The van der Waals surface area contributed by atoms with Crippen LogP contribution < -0.4 is 4.74 Å². The Morgan fingerprint density at radius 1 is 1.64 bits per heavy atom. The molecule has 0 aliphatic carbocycles. The first-order valence-corrected chi connectivity index (χ1v) is 4.03. The second kappa shape index (κ2) is 4.41. The summed E-state index contributed by atoms with van der Waals surface area (Å²) in [4.78, 5) is 14.2. The number of rotatable bonds is 4. The van der Waals surface area contributed by atoms with Crippen LogP contribution in [0.25, 0.3) is 0 Å². The molecule has 0 aliphatic rings. The standard InChI is InChI=1S/C10H11NO3/c1-11-8-4-3-7(6-10(12)13)5-9(8)14-2/h3-5H,1,6H2,2H3,(H,12,13). The number of methoxy groups -OCH3 is 1. The molecular formula is C10H11NO3. The van der Waals surface area contributed by atoms with Crippen LogP contribution in [0.3, 0.4) is 0 Å². The maximum absolute atomic E-state index is 10.4. The first-order chi connectivity index (χ1) is 6.67. The van der Waals surface area contributed by atoms with Crippen LogP contribution in [0.2, 0.25) is 0 Å². The average Bonchev–Trinajstić information content (AvgIpc) is 2.16. The fourth-order valence-electron chi connectivity index (χ4n) is 1.14. The van der Waals surface area contributed by atoms with Crippen LogP contribution in [0, 0.1) is 0 Å². The zero-order valence-corrected chi connectivity index (χ0v) is 7.86. The monoisotopic (exact) mass is 193 g/mol. The SMILES string of the molecule is C=Nc1ccc(CC(=O)O)cc1OC. The van der Waals surface area contributed by atoms with Crippen LogP contribution >= 0.6 is 0 Å². The largest absolute Gasteiger partial charge is 0.494 e. The molecule has 0 aromatic heterocycles. The van der Waals surface area contributed by atoms with Gasteiger partial charge in [-0.05, 0) is 24.4 Å². The molecule has 0 saturated carbocycles. The van der Waals surface area contributed by atoms with Gasteiger partial charge in [-0.2, -0.15) is 0 Å². The molecule has 1 N–H and O–H groups in total. The summed E-state index contributed by atoms with van der Waals surface area (Å²) in [5, 5.41) is 8.58. The Hall–Kier alpha value is -1.84. The Morgan fingerprint density at radius 3 is 2.86 bits per heavy atom. The lowest BCUT2D eigenvalue weighted by Gasteiger charge is -2.05. The molecule has 0 radical (unpaired) electrons. The van der Waals surface area contributed by atoms with Gasteiger partial charge in [-0.3, -0.25) is 9.79 Å². The smallest absolute Gasteiger partial charge is 0.307 e. The van der Waals surface area contributed by atoms with E-state index in [1.165, 1.54) is 7.11 Å². The fourth-order valence-corrected chi connectivity index (χ4v) is 1.14. The number of benzene rings is 1. The minimum Gasteiger partial charge on any atom is -0.494 e. The van der Waals surface area contributed by atoms with Crippen molar-refractivity contribution in [1.29, 1.82) is 0 Å². The number of aliphatic imine (C=N–C) groups is 1. The number of ether oxygens (including phenoxy) is 1. The Labute approximate surface area is 81.9 Å². The van der Waals surface area contributed by atoms with Gasteiger partial charge in [0.1, 0.15) is 11.4 Å². The minimum atomic E-state index is -0.869. The molecule has 0 heterocycles. The van der Waals surface area contributed by atoms with Gasteiger partial charge in [0.15, 0.2) is 0 Å². The van der Waals surface area contributed by atoms with Gasteiger partial charge in [-0.1, -0.05) is 6.07 Å². The summed E-state index contributed by atoms with van der Waals surface area (Å²) in [7, 11) is 1.51. The summed E-state index contributed by atoms with van der Waals surface area (Å²) in [5.41, 5.74) is 1.29. The van der Waals surface area contributed by atoms with Crippen LogP contribution in [0.1, 0.15) is 5.56 Å². The molecule has 0 atom stereocenters. The van der Waals surface area contributed by atoms with E-state index in [1.807, 2.05) is 0 Å². The summed E-state index contributed by atoms with van der Waals surface area (Å²) in [5.74, 6) is -0.329. The molecule has 4 heteroatoms. The second-order valence-electron chi connectivity index (χ2n) is 2.73. The molecule has 1 aromatic rings. The van der Waals surface area contributed by atoms with E-state index in [0.717, 1.165) is 0 Å². The van der Waals surface area contributed by atoms with Gasteiger partial charge < -0.3 is 9.84 Å². The minimum absolute atomic E-state index is 0.0201. The van der Waals surface area contributed by atoms with Crippen LogP contribution in [0.15, 0.2) is 23.2 Å². The number of carbonyl (C=O) groups is 1. The van der Waals surface area contributed by atoms with Crippen molar-refractivity contribution in [2.24, 2.45) is 4.99 Å². The zero-order chi connectivity index (χ0) is 10.6. The van der Waals surface area contributed by atoms with E-state index in [2.05, 4.69) is 11.7 Å². The molecule has 0 unspecified atom stereocenters. The number of hydrogen-bond donors (Lipinski definition) is 1. The summed E-state index contributed by atoms with van der Waals surface area (Å²) < 4.78 is 5.03. The zero-order valence-electron chi connectivity index (χ0n) is 7.86. The number of nitrogens with zero attached hydrogens (tertiary/aromatic N) is 1. The van der Waals surface area contributed by atoms with Crippen molar-refractivity contribution in [2.45, 2.75) is 6.42 Å². The summed E-state index contributed by atoms with van der Waals surface area (Å²) in [6.07, 6.45) is -0.0201. The number of hydrogen-bond acceptors (Lipinski definition) is 3. The van der Waals surface area contributed by atoms with Crippen LogP contribution in [0.4, 0.5) is 5.69 Å². The van der Waals surface area contributed by atoms with E-state index < -0.39 is 5.97 Å². The number of aliphatic carboxylic acids is 1. The molecule has 0 aliphatic heterocycles. The lowest BCUT2D eigenvalue weighted by Crippen LogP contribution is -2.00. The molecule has 4 nitrogen and oxygen atoms in total. The third kappa shape index (κ3) is 2.32. The average molecular weight is 193 g/mol. The van der Waals surface area contributed by atoms with Gasteiger partial charge in [0.05, 0.1) is 13.5 Å². The molecule has 0 bridgehead atoms. The molecular weight excluding hydrogens is 182 g/mol. The van der Waals surface area contributed by atoms with Crippen molar-refractivity contribution in [3.05, 3.63) is 23.8 Å². The Kier molecular flexibility index (Phi) is 3.23. The van der Waals surface area contributed by atoms with Gasteiger partial charge in [0, 0.05) is 0 Å². The van der Waals surface area contributed by atoms with E-state index in [4.69, 9.17) is 9.84 Å². The number of carboxylic acids is 1. The molecule has 1 aromatic carbocycles. The van der Waals surface area contributed by atoms with Crippen molar-refractivity contribution < 1.29 is 14.6 Å². The van der Waals surface area contributed by atoms with Gasteiger partial charge >= 0.3 is 5.97 Å². The predicted octanol–water partition coefficient (Wildman–Crippen LogP) is 1.65. The number of carboxylic acid groups (broad SMARTS) is 1. The fraction of sp³-hybridized carbons (Fsp3) is 0.200. The molecule has 14 heavy (non-hydrogen) atoms. The molecule has 0 saturated heterocycles. The van der Waals surface area contributed by atoms with E-state index in [1.54, 1.807) is 18.2 Å². The highest BCUT2D eigenvalue weighted by Crippen LogP contribution is 2.27. The Morgan fingerprint density at radius 2 is 2.36 bits per heavy atom. The highest BCUT2D eigenvalue weighted by atomic mass is 16.5. The second-order valence-corrected chi connectivity index (χ2v) is 2.73. The van der Waals surface area contributed by atoms with Gasteiger partial charge in [0.25, 0.3) is 0 Å². The maximum Gasteiger partial charge on any atom is 0.307 e. The van der Waals surface area contributed by atoms with Crippen molar-refractivity contribution >= 4 is 18.4 Å². The Balaban J connectivity index is 3.01. The van der Waals surface area contributed by atoms with Gasteiger partial charge in [-0.25, -0.2) is 0 Å². The third-order valence-electron chi connectivity index (χ3n) is 1.77. The predicted molar refractivity (Wildman–Crippen MR) is 53.5 cm³/mol. The van der Waals surface area contributed by atoms with E-state index in [9.17, 15) is 4.79 Å². The van der Waals surface area contributed by atoms with Crippen molar-refractivity contribution in [3.63, 3.8) is 0 Å². The van der Waals surface area contributed by atoms with Crippen molar-refractivity contribution in [3.8, 4) is 5.75 Å². The quantitative estimate of drug-likeness (QED) is 0.739. The first-order valence-electron chi connectivity index (χ1n) is 4.03. The maximum atomic E-state index is 10.4. The Bertz CT molecular complexity index is 360. The normalized spacial score (nSPS) is 9.50. The summed E-state index contributed by atoms with van der Waals surface area (Å²) >= 11 is 0. The van der Waals surface area contributed by atoms with E-state index >= 15 is 0 Å². The van der Waals surface area contributed by atoms with Crippen molar-refractivity contribution in [2.75, 3.05) is 7.11 Å². The molecule has 0 fully saturated rings. The molecule has 0 amide bonds. The molecule has 74 valence electrons. The van der Waals surface area contributed by atoms with Crippen LogP contribution in [0.5, 0.6) is 5.75 Å². The topological polar surface area (TPSA) is 58.9 Å². The lowest BCUT2D eigenvalue weighted by molar-refractivity contribution is -0.136. The summed E-state index contributed by atoms with van der Waals surface area (Å²) in [6, 6.07) is 5.03. The van der Waals surface area contributed by atoms with Crippen LogP contribution in [-0.4, -0.2) is 24.9 Å².